The van der Waals surface area contributed by atoms with Crippen molar-refractivity contribution in [3.05, 3.63) is 29.8 Å². The van der Waals surface area contributed by atoms with Gasteiger partial charge in [0.05, 0.1) is 20.3 Å². The van der Waals surface area contributed by atoms with Crippen LogP contribution in [-0.2, 0) is 16.0 Å². The lowest BCUT2D eigenvalue weighted by Gasteiger charge is -2.10. The fourth-order valence-corrected chi connectivity index (χ4v) is 1.42. The molecule has 0 bridgehead atoms. The molecular formula is C13H20N2O4. The number of nitrogens with one attached hydrogen (secondary N) is 2. The molecule has 19 heavy (non-hydrogen) atoms. The third-order valence-electron chi connectivity index (χ3n) is 2.40. The lowest BCUT2D eigenvalue weighted by atomic mass is 10.2. The van der Waals surface area contributed by atoms with E-state index in [-0.39, 0.29) is 12.8 Å². The van der Waals surface area contributed by atoms with E-state index < -0.39 is 0 Å². The lowest BCUT2D eigenvalue weighted by Crippen LogP contribution is -2.36. The van der Waals surface area contributed by atoms with Gasteiger partial charge >= 0.3 is 6.03 Å². The normalized spacial score (nSPS) is 10.0. The molecule has 2 amide bonds. The summed E-state index contributed by atoms with van der Waals surface area (Å²) in [5, 5.41) is 5.30. The van der Waals surface area contributed by atoms with E-state index in [0.717, 1.165) is 11.3 Å². The van der Waals surface area contributed by atoms with Crippen molar-refractivity contribution in [2.75, 3.05) is 34.2 Å². The number of methoxy groups -OCH3 is 2. The fraction of sp³-hybridized carbons (Fsp3) is 0.462. The van der Waals surface area contributed by atoms with E-state index in [4.69, 9.17) is 14.2 Å². The average Bonchev–Trinajstić information content (AvgIpc) is 2.45. The maximum atomic E-state index is 11.5. The van der Waals surface area contributed by atoms with Gasteiger partial charge in [-0.1, -0.05) is 18.2 Å². The molecule has 1 aromatic rings. The summed E-state index contributed by atoms with van der Waals surface area (Å²) in [7, 11) is 3.19. The maximum Gasteiger partial charge on any atom is 0.316 e. The van der Waals surface area contributed by atoms with Crippen molar-refractivity contribution in [1.29, 1.82) is 0 Å². The summed E-state index contributed by atoms with van der Waals surface area (Å²) in [6, 6.07) is 7.23. The number of benzene rings is 1. The molecule has 0 atom stereocenters. The molecule has 106 valence electrons. The standard InChI is InChI=1S/C13H20N2O4/c1-17-7-8-19-10-15-13(16)14-9-11-5-3-4-6-12(11)18-2/h3-6H,7-10H2,1-2H3,(H2,14,15,16). The van der Waals surface area contributed by atoms with Crippen LogP contribution in [-0.4, -0.2) is 40.2 Å². The predicted octanol–water partition coefficient (Wildman–Crippen LogP) is 1.11. The van der Waals surface area contributed by atoms with Crippen LogP contribution in [0.3, 0.4) is 0 Å². The van der Waals surface area contributed by atoms with Crippen molar-refractivity contribution in [3.63, 3.8) is 0 Å². The van der Waals surface area contributed by atoms with Crippen molar-refractivity contribution < 1.29 is 19.0 Å². The number of para-hydroxylation sites is 1. The van der Waals surface area contributed by atoms with E-state index in [0.29, 0.717) is 19.8 Å². The summed E-state index contributed by atoms with van der Waals surface area (Å²) in [6.07, 6.45) is 0. The van der Waals surface area contributed by atoms with E-state index in [2.05, 4.69) is 10.6 Å². The first-order chi connectivity index (χ1) is 9.27. The first kappa shape index (κ1) is 15.3. The average molecular weight is 268 g/mol. The molecule has 0 heterocycles. The number of carbonyl (C=O) groups excluding carboxylic acids is 1. The largest absolute Gasteiger partial charge is 0.496 e. The van der Waals surface area contributed by atoms with E-state index in [1.54, 1.807) is 14.2 Å². The van der Waals surface area contributed by atoms with Crippen LogP contribution in [0.4, 0.5) is 4.79 Å². The molecule has 6 heteroatoms. The van der Waals surface area contributed by atoms with Crippen LogP contribution in [0.5, 0.6) is 5.75 Å². The van der Waals surface area contributed by atoms with Crippen molar-refractivity contribution in [2.24, 2.45) is 0 Å². The zero-order valence-corrected chi connectivity index (χ0v) is 11.3. The Kier molecular flexibility index (Phi) is 7.38. The van der Waals surface area contributed by atoms with Gasteiger partial charge in [0.2, 0.25) is 0 Å². The van der Waals surface area contributed by atoms with Gasteiger partial charge in [-0.15, -0.1) is 0 Å². The summed E-state index contributed by atoms with van der Waals surface area (Å²) >= 11 is 0. The van der Waals surface area contributed by atoms with Crippen LogP contribution in [0, 0.1) is 0 Å². The highest BCUT2D eigenvalue weighted by atomic mass is 16.5. The Morgan fingerprint density at radius 3 is 2.68 bits per heavy atom. The van der Waals surface area contributed by atoms with Gasteiger partial charge < -0.3 is 24.8 Å². The number of ether oxygens (including phenoxy) is 3. The van der Waals surface area contributed by atoms with Crippen LogP contribution < -0.4 is 15.4 Å². The smallest absolute Gasteiger partial charge is 0.316 e. The Morgan fingerprint density at radius 1 is 1.16 bits per heavy atom. The zero-order chi connectivity index (χ0) is 13.9. The summed E-state index contributed by atoms with van der Waals surface area (Å²) in [4.78, 5) is 11.5. The van der Waals surface area contributed by atoms with Gasteiger partial charge in [-0.3, -0.25) is 0 Å². The van der Waals surface area contributed by atoms with Crippen LogP contribution in [0.15, 0.2) is 24.3 Å². The van der Waals surface area contributed by atoms with Gasteiger partial charge in [0.1, 0.15) is 12.5 Å². The third kappa shape index (κ3) is 6.08. The van der Waals surface area contributed by atoms with Gasteiger partial charge in [0.15, 0.2) is 0 Å². The highest BCUT2D eigenvalue weighted by Gasteiger charge is 2.03. The second-order valence-corrected chi connectivity index (χ2v) is 3.72. The molecule has 0 aliphatic heterocycles. The SMILES string of the molecule is COCCOCNC(=O)NCc1ccccc1OC. The zero-order valence-electron chi connectivity index (χ0n) is 11.3. The third-order valence-corrected chi connectivity index (χ3v) is 2.40. The minimum atomic E-state index is -0.289. The van der Waals surface area contributed by atoms with E-state index >= 15 is 0 Å². The Labute approximate surface area is 113 Å². The molecule has 0 radical (unpaired) electrons. The molecule has 0 saturated carbocycles. The molecule has 6 nitrogen and oxygen atoms in total. The molecule has 0 aliphatic rings. The van der Waals surface area contributed by atoms with Crippen molar-refractivity contribution in [1.82, 2.24) is 10.6 Å². The van der Waals surface area contributed by atoms with Gasteiger partial charge in [-0.2, -0.15) is 0 Å². The van der Waals surface area contributed by atoms with Gasteiger partial charge in [0, 0.05) is 19.2 Å². The molecule has 1 rings (SSSR count). The fourth-order valence-electron chi connectivity index (χ4n) is 1.42. The van der Waals surface area contributed by atoms with E-state index in [9.17, 15) is 4.79 Å². The van der Waals surface area contributed by atoms with Crippen molar-refractivity contribution in [3.8, 4) is 5.75 Å². The quantitative estimate of drug-likeness (QED) is 0.547. The molecule has 0 aliphatic carbocycles. The topological polar surface area (TPSA) is 68.8 Å². The molecule has 0 aromatic heterocycles. The summed E-state index contributed by atoms with van der Waals surface area (Å²) in [5.74, 6) is 0.749. The second kappa shape index (κ2) is 9.18. The number of rotatable bonds is 8. The minimum absolute atomic E-state index is 0.154. The molecule has 1 aromatic carbocycles. The lowest BCUT2D eigenvalue weighted by molar-refractivity contribution is 0.0642. The number of hydrogen-bond acceptors (Lipinski definition) is 4. The summed E-state index contributed by atoms with van der Waals surface area (Å²) in [5.41, 5.74) is 0.917. The molecule has 0 saturated heterocycles. The number of urea groups is 1. The molecule has 2 N–H and O–H groups in total. The van der Waals surface area contributed by atoms with Crippen molar-refractivity contribution >= 4 is 6.03 Å². The number of carbonyl (C=O) groups is 1. The van der Waals surface area contributed by atoms with E-state index in [1.165, 1.54) is 0 Å². The molecule has 0 fully saturated rings. The predicted molar refractivity (Wildman–Crippen MR) is 71.1 cm³/mol. The first-order valence-electron chi connectivity index (χ1n) is 5.98. The monoisotopic (exact) mass is 268 g/mol. The minimum Gasteiger partial charge on any atom is -0.496 e. The summed E-state index contributed by atoms with van der Waals surface area (Å²) in [6.45, 7) is 1.50. The van der Waals surface area contributed by atoms with Gasteiger partial charge in [0.25, 0.3) is 0 Å². The Hall–Kier alpha value is -1.79. The number of amides is 2. The van der Waals surface area contributed by atoms with Crippen molar-refractivity contribution in [2.45, 2.75) is 6.54 Å². The highest BCUT2D eigenvalue weighted by Crippen LogP contribution is 2.16. The first-order valence-corrected chi connectivity index (χ1v) is 5.98. The second-order valence-electron chi connectivity index (χ2n) is 3.72. The summed E-state index contributed by atoms with van der Waals surface area (Å²) < 4.78 is 15.1. The van der Waals surface area contributed by atoms with Crippen LogP contribution in [0.2, 0.25) is 0 Å². The maximum absolute atomic E-state index is 11.5. The van der Waals surface area contributed by atoms with Gasteiger partial charge in [-0.25, -0.2) is 4.79 Å². The van der Waals surface area contributed by atoms with Crippen LogP contribution in [0.25, 0.3) is 0 Å². The molecule has 0 unspecified atom stereocenters. The van der Waals surface area contributed by atoms with Crippen LogP contribution >= 0.6 is 0 Å². The van der Waals surface area contributed by atoms with E-state index in [1.807, 2.05) is 24.3 Å². The molecule has 0 spiro atoms. The van der Waals surface area contributed by atoms with Gasteiger partial charge in [-0.05, 0) is 6.07 Å². The highest BCUT2D eigenvalue weighted by molar-refractivity contribution is 5.73. The van der Waals surface area contributed by atoms with Crippen LogP contribution in [0.1, 0.15) is 5.56 Å². The number of hydrogen-bond donors (Lipinski definition) is 2. The molecular weight excluding hydrogens is 248 g/mol. The Balaban J connectivity index is 2.22. The Morgan fingerprint density at radius 2 is 1.95 bits per heavy atom. The Bertz CT molecular complexity index is 385.